The van der Waals surface area contributed by atoms with Gasteiger partial charge in [0.2, 0.25) is 0 Å². The van der Waals surface area contributed by atoms with E-state index < -0.39 is 11.8 Å². The van der Waals surface area contributed by atoms with E-state index in [4.69, 9.17) is 35.4 Å². The Morgan fingerprint density at radius 1 is 0.737 bits per heavy atom. The van der Waals surface area contributed by atoms with Crippen LogP contribution in [0.4, 0.5) is 11.4 Å². The molecule has 0 N–H and O–H groups in total. The Labute approximate surface area is 236 Å². The van der Waals surface area contributed by atoms with Gasteiger partial charge in [0.1, 0.15) is 5.57 Å². The van der Waals surface area contributed by atoms with Crippen LogP contribution >= 0.6 is 35.4 Å². The Bertz CT molecular complexity index is 1630. The summed E-state index contributed by atoms with van der Waals surface area (Å²) in [5, 5.41) is 1.21. The molecule has 4 aromatic rings. The fourth-order valence-corrected chi connectivity index (χ4v) is 5.24. The minimum Gasteiger partial charge on any atom is -0.318 e. The van der Waals surface area contributed by atoms with Crippen molar-refractivity contribution in [1.82, 2.24) is 4.57 Å². The molecule has 5 nitrogen and oxygen atoms in total. The number of aryl methyl sites for hydroxylation is 2. The van der Waals surface area contributed by atoms with E-state index in [0.29, 0.717) is 21.4 Å². The van der Waals surface area contributed by atoms with Gasteiger partial charge in [0, 0.05) is 27.1 Å². The summed E-state index contributed by atoms with van der Waals surface area (Å²) >= 11 is 18.2. The number of halogens is 2. The highest BCUT2D eigenvalue weighted by Crippen LogP contribution is 2.33. The Morgan fingerprint density at radius 2 is 1.34 bits per heavy atom. The van der Waals surface area contributed by atoms with Gasteiger partial charge >= 0.3 is 0 Å². The number of carbonyl (C=O) groups excluding carboxylic acids is 2. The molecule has 0 unspecified atom stereocenters. The number of para-hydroxylation sites is 1. The first-order chi connectivity index (χ1) is 18.2. The SMILES string of the molecule is Cc1ccc(N2C(=O)C(=Cc3cc(C)n(-c4ccc(Cl)cc4)c3C)C(=O)N(c3ccccc3)C2=S)cc1Cl. The van der Waals surface area contributed by atoms with Gasteiger partial charge in [0.25, 0.3) is 11.8 Å². The van der Waals surface area contributed by atoms with Crippen LogP contribution in [0.1, 0.15) is 22.5 Å². The van der Waals surface area contributed by atoms with Crippen LogP contribution in [0.2, 0.25) is 10.0 Å². The summed E-state index contributed by atoms with van der Waals surface area (Å²) < 4.78 is 2.05. The molecule has 1 aliphatic rings. The van der Waals surface area contributed by atoms with E-state index in [0.717, 1.165) is 28.2 Å². The molecule has 1 aliphatic heterocycles. The van der Waals surface area contributed by atoms with Crippen LogP contribution in [0.3, 0.4) is 0 Å². The number of thiocarbonyl (C=S) groups is 1. The molecular weight excluding hydrogens is 537 g/mol. The molecule has 0 saturated carbocycles. The number of hydrogen-bond acceptors (Lipinski definition) is 3. The van der Waals surface area contributed by atoms with Crippen molar-refractivity contribution in [3.8, 4) is 5.69 Å². The largest absolute Gasteiger partial charge is 0.318 e. The number of nitrogens with zero attached hydrogens (tertiary/aromatic N) is 3. The second kappa shape index (κ2) is 10.2. The Hall–Kier alpha value is -3.71. The zero-order valence-electron chi connectivity index (χ0n) is 20.9. The van der Waals surface area contributed by atoms with Crippen molar-refractivity contribution in [3.63, 3.8) is 0 Å². The minimum atomic E-state index is -0.511. The van der Waals surface area contributed by atoms with Crippen LogP contribution in [0.15, 0.2) is 84.4 Å². The lowest BCUT2D eigenvalue weighted by Crippen LogP contribution is -2.56. The van der Waals surface area contributed by atoms with Gasteiger partial charge in [0.05, 0.1) is 11.4 Å². The van der Waals surface area contributed by atoms with Gasteiger partial charge in [0.15, 0.2) is 5.11 Å². The summed E-state index contributed by atoms with van der Waals surface area (Å²) in [5.41, 5.74) is 5.42. The number of benzene rings is 3. The normalized spacial score (nSPS) is 15.1. The smallest absolute Gasteiger partial charge is 0.270 e. The molecule has 2 heterocycles. The van der Waals surface area contributed by atoms with Crippen LogP contribution in [0, 0.1) is 20.8 Å². The van der Waals surface area contributed by atoms with Crippen LogP contribution in [-0.2, 0) is 9.59 Å². The molecule has 3 aromatic carbocycles. The van der Waals surface area contributed by atoms with Gasteiger partial charge < -0.3 is 4.57 Å². The standard InChI is InChI=1S/C30H23Cl2N3O2S/c1-18-9-12-25(17-27(18)32)35-29(37)26(28(36)34(30(35)38)23-7-5-4-6-8-23)16-21-15-19(2)33(20(21)3)24-13-10-22(31)11-14-24/h4-17H,1-3H3. The lowest BCUT2D eigenvalue weighted by Gasteiger charge is -2.36. The van der Waals surface area contributed by atoms with Crippen LogP contribution in [-0.4, -0.2) is 21.5 Å². The molecule has 1 saturated heterocycles. The third-order valence-electron chi connectivity index (χ3n) is 6.53. The maximum absolute atomic E-state index is 13.9. The maximum atomic E-state index is 13.9. The molecule has 8 heteroatoms. The number of carbonyl (C=O) groups is 2. The van der Waals surface area contributed by atoms with E-state index in [2.05, 4.69) is 4.57 Å². The molecule has 0 spiro atoms. The molecule has 1 fully saturated rings. The van der Waals surface area contributed by atoms with Crippen molar-refractivity contribution in [2.24, 2.45) is 0 Å². The van der Waals surface area contributed by atoms with Crippen molar-refractivity contribution < 1.29 is 9.59 Å². The highest BCUT2D eigenvalue weighted by atomic mass is 35.5. The summed E-state index contributed by atoms with van der Waals surface area (Å²) in [4.78, 5) is 30.5. The third kappa shape index (κ3) is 4.56. The molecule has 0 aliphatic carbocycles. The Kier molecular flexibility index (Phi) is 6.97. The minimum absolute atomic E-state index is 0.00416. The van der Waals surface area contributed by atoms with E-state index in [1.165, 1.54) is 9.80 Å². The second-order valence-corrected chi connectivity index (χ2v) is 10.2. The summed E-state index contributed by atoms with van der Waals surface area (Å²) in [7, 11) is 0. The van der Waals surface area contributed by atoms with Gasteiger partial charge in [-0.3, -0.25) is 19.4 Å². The first kappa shape index (κ1) is 25.9. The molecule has 190 valence electrons. The average Bonchev–Trinajstić information content (AvgIpc) is 3.17. The third-order valence-corrected chi connectivity index (χ3v) is 7.56. The van der Waals surface area contributed by atoms with E-state index in [1.807, 2.05) is 75.4 Å². The molecule has 38 heavy (non-hydrogen) atoms. The lowest BCUT2D eigenvalue weighted by molar-refractivity contribution is -0.120. The number of anilines is 2. The highest BCUT2D eigenvalue weighted by molar-refractivity contribution is 7.81. The number of rotatable bonds is 4. The molecule has 5 rings (SSSR count). The van der Waals surface area contributed by atoms with Crippen LogP contribution < -0.4 is 9.80 Å². The highest BCUT2D eigenvalue weighted by Gasteiger charge is 2.41. The molecule has 0 radical (unpaired) electrons. The van der Waals surface area contributed by atoms with Crippen molar-refractivity contribution in [2.45, 2.75) is 20.8 Å². The molecule has 1 aromatic heterocycles. The zero-order valence-corrected chi connectivity index (χ0v) is 23.2. The lowest BCUT2D eigenvalue weighted by atomic mass is 10.0. The summed E-state index contributed by atoms with van der Waals surface area (Å²) in [5.74, 6) is -1.000. The molecule has 0 atom stereocenters. The van der Waals surface area contributed by atoms with Crippen LogP contribution in [0.5, 0.6) is 0 Å². The van der Waals surface area contributed by atoms with Crippen molar-refractivity contribution in [1.29, 1.82) is 0 Å². The molecule has 0 bridgehead atoms. The van der Waals surface area contributed by atoms with E-state index >= 15 is 0 Å². The topological polar surface area (TPSA) is 45.6 Å². The molecular formula is C30H23Cl2N3O2S. The van der Waals surface area contributed by atoms with Crippen molar-refractivity contribution >= 4 is 69.8 Å². The van der Waals surface area contributed by atoms with E-state index in [-0.39, 0.29) is 10.7 Å². The number of amides is 2. The summed E-state index contributed by atoms with van der Waals surface area (Å²) in [6.07, 6.45) is 1.64. The number of hydrogen-bond donors (Lipinski definition) is 0. The Balaban J connectivity index is 1.66. The van der Waals surface area contributed by atoms with E-state index in [1.54, 1.807) is 30.3 Å². The average molecular weight is 561 g/mol. The maximum Gasteiger partial charge on any atom is 0.270 e. The zero-order chi connectivity index (χ0) is 27.1. The van der Waals surface area contributed by atoms with Gasteiger partial charge in [-0.25, -0.2) is 0 Å². The fraction of sp³-hybridized carbons (Fsp3) is 0.100. The second-order valence-electron chi connectivity index (χ2n) is 9.03. The first-order valence-corrected chi connectivity index (χ1v) is 13.0. The van der Waals surface area contributed by atoms with Crippen molar-refractivity contribution in [2.75, 3.05) is 9.80 Å². The van der Waals surface area contributed by atoms with Gasteiger partial charge in [-0.2, -0.15) is 0 Å². The van der Waals surface area contributed by atoms with Gasteiger partial charge in [-0.05, 0) is 105 Å². The molecule has 2 amide bonds. The quantitative estimate of drug-likeness (QED) is 0.148. The van der Waals surface area contributed by atoms with Crippen LogP contribution in [0.25, 0.3) is 11.8 Å². The predicted octanol–water partition coefficient (Wildman–Crippen LogP) is 7.46. The summed E-state index contributed by atoms with van der Waals surface area (Å²) in [6.45, 7) is 5.80. The van der Waals surface area contributed by atoms with Gasteiger partial charge in [-0.1, -0.05) is 47.5 Å². The van der Waals surface area contributed by atoms with Gasteiger partial charge in [-0.15, -0.1) is 0 Å². The summed E-state index contributed by atoms with van der Waals surface area (Å²) in [6, 6.07) is 23.8. The predicted molar refractivity (Wildman–Crippen MR) is 158 cm³/mol. The van der Waals surface area contributed by atoms with Crippen molar-refractivity contribution in [3.05, 3.63) is 117 Å². The fourth-order valence-electron chi connectivity index (χ4n) is 4.56. The Morgan fingerprint density at radius 3 is 1.97 bits per heavy atom. The first-order valence-electron chi connectivity index (χ1n) is 11.9. The van der Waals surface area contributed by atoms with E-state index in [9.17, 15) is 9.59 Å². The monoisotopic (exact) mass is 559 g/mol. The number of aromatic nitrogens is 1.